The summed E-state index contributed by atoms with van der Waals surface area (Å²) in [6.07, 6.45) is 4.37. The molecule has 28 heavy (non-hydrogen) atoms. The third-order valence-corrected chi connectivity index (χ3v) is 16.0. The molecule has 0 bridgehead atoms. The van der Waals surface area contributed by atoms with Gasteiger partial charge in [-0.1, -0.05) is 89.8 Å². The van der Waals surface area contributed by atoms with Crippen LogP contribution in [0.2, 0.25) is 36.3 Å². The van der Waals surface area contributed by atoms with E-state index in [1.165, 1.54) is 41.8 Å². The third kappa shape index (κ3) is 7.50. The molecule has 0 aliphatic heterocycles. The third-order valence-electron chi connectivity index (χ3n) is 6.61. The molecule has 0 spiro atoms. The summed E-state index contributed by atoms with van der Waals surface area (Å²) in [4.78, 5) is 0. The second-order valence-electron chi connectivity index (χ2n) is 7.82. The molecule has 0 saturated heterocycles. The molecule has 1 aromatic carbocycles. The average molecular weight is 409 g/mol. The van der Waals surface area contributed by atoms with E-state index < -0.39 is 16.1 Å². The summed E-state index contributed by atoms with van der Waals surface area (Å²) in [7, 11) is -2.88. The van der Waals surface area contributed by atoms with Crippen molar-refractivity contribution in [1.29, 1.82) is 0 Å². The van der Waals surface area contributed by atoms with Crippen LogP contribution in [0.4, 0.5) is 0 Å². The van der Waals surface area contributed by atoms with E-state index in [-0.39, 0.29) is 0 Å². The van der Waals surface area contributed by atoms with Crippen molar-refractivity contribution in [3.8, 4) is 22.9 Å². The monoisotopic (exact) mass is 408 g/mol. The Labute approximate surface area is 177 Å². The first-order valence-corrected chi connectivity index (χ1v) is 16.6. The van der Waals surface area contributed by atoms with Gasteiger partial charge in [0.1, 0.15) is 16.1 Å². The van der Waals surface area contributed by atoms with Crippen LogP contribution in [0.5, 0.6) is 0 Å². The van der Waals surface area contributed by atoms with Crippen molar-refractivity contribution in [2.75, 3.05) is 0 Å². The van der Waals surface area contributed by atoms with Crippen molar-refractivity contribution >= 4 is 16.1 Å². The maximum atomic E-state index is 3.75. The van der Waals surface area contributed by atoms with E-state index in [0.717, 1.165) is 18.4 Å². The normalized spacial score (nSPS) is 11.1. The Kier molecular flexibility index (Phi) is 11.3. The van der Waals surface area contributed by atoms with Gasteiger partial charge in [-0.05, 0) is 54.7 Å². The van der Waals surface area contributed by atoms with E-state index in [4.69, 9.17) is 0 Å². The zero-order valence-electron chi connectivity index (χ0n) is 19.1. The van der Waals surface area contributed by atoms with Crippen LogP contribution in [0, 0.1) is 22.9 Å². The Morgan fingerprint density at radius 1 is 0.714 bits per heavy atom. The lowest BCUT2D eigenvalue weighted by atomic mass is 10.1. The quantitative estimate of drug-likeness (QED) is 0.291. The van der Waals surface area contributed by atoms with Gasteiger partial charge in [0.15, 0.2) is 0 Å². The molecule has 0 aromatic heterocycles. The van der Waals surface area contributed by atoms with Crippen molar-refractivity contribution in [1.82, 2.24) is 0 Å². The van der Waals surface area contributed by atoms with Crippen molar-refractivity contribution in [2.45, 2.75) is 90.6 Å². The summed E-state index contributed by atoms with van der Waals surface area (Å²) in [6, 6.07) is 18.2. The van der Waals surface area contributed by atoms with E-state index in [9.17, 15) is 0 Å². The Hall–Kier alpha value is -1.49. The average Bonchev–Trinajstić information content (AvgIpc) is 2.76. The van der Waals surface area contributed by atoms with Gasteiger partial charge < -0.3 is 0 Å². The topological polar surface area (TPSA) is 0 Å². The van der Waals surface area contributed by atoms with Gasteiger partial charge in [-0.2, -0.15) is 0 Å². The van der Waals surface area contributed by atoms with Gasteiger partial charge in [0.25, 0.3) is 0 Å². The van der Waals surface area contributed by atoms with E-state index in [1.807, 2.05) is 0 Å². The molecule has 0 nitrogen and oxygen atoms in total. The van der Waals surface area contributed by atoms with Gasteiger partial charge in [-0.3, -0.25) is 0 Å². The highest BCUT2D eigenvalue weighted by molar-refractivity contribution is 6.87. The second kappa shape index (κ2) is 12.9. The van der Waals surface area contributed by atoms with E-state index in [0.29, 0.717) is 0 Å². The van der Waals surface area contributed by atoms with E-state index in [1.54, 1.807) is 0 Å². The molecule has 152 valence electrons. The van der Waals surface area contributed by atoms with Gasteiger partial charge in [0, 0.05) is 0 Å². The molecule has 0 heterocycles. The van der Waals surface area contributed by atoms with E-state index >= 15 is 0 Å². The Bertz CT molecular complexity index is 658. The summed E-state index contributed by atoms with van der Waals surface area (Å²) >= 11 is 0. The first kappa shape index (κ1) is 24.6. The Balaban J connectivity index is 3.15. The molecule has 0 atom stereocenters. The Morgan fingerprint density at radius 3 is 1.54 bits per heavy atom. The fourth-order valence-electron chi connectivity index (χ4n) is 3.59. The number of hydrogen-bond acceptors (Lipinski definition) is 0. The summed E-state index contributed by atoms with van der Waals surface area (Å²) in [5, 5.41) is 0. The number of allylic oxidation sites excluding steroid dienone is 2. The highest BCUT2D eigenvalue weighted by Crippen LogP contribution is 2.20. The molecule has 0 fully saturated rings. The Morgan fingerprint density at radius 2 is 1.14 bits per heavy atom. The van der Waals surface area contributed by atoms with Gasteiger partial charge in [-0.25, -0.2) is 0 Å². The standard InChI is InChI=1S/C26H40Si2/c1-7-27(8-2,9-3)23-21-26(22-24-28(10-4,11-5)12-6)20-16-19-25-17-14-13-15-18-25/h13-15,17-18,20H,7-12,16,19H2,1-6H3. The largest absolute Gasteiger partial charge is 0.138 e. The number of aryl methyl sites for hydroxylation is 1. The second-order valence-corrected chi connectivity index (χ2v) is 17.7. The SMILES string of the molecule is CC[Si](C#CC(C#C[Si](CC)(CC)CC)=CCCc1ccccc1)(CC)CC. The number of hydrogen-bond donors (Lipinski definition) is 0. The zero-order chi connectivity index (χ0) is 20.9. The minimum absolute atomic E-state index is 1.01. The molecule has 1 aromatic rings. The summed E-state index contributed by atoms with van der Waals surface area (Å²) < 4.78 is 0. The van der Waals surface area contributed by atoms with Gasteiger partial charge in [0.2, 0.25) is 0 Å². The predicted octanol–water partition coefficient (Wildman–Crippen LogP) is 7.65. The van der Waals surface area contributed by atoms with Gasteiger partial charge in [0.05, 0.1) is 5.57 Å². The molecule has 0 amide bonds. The lowest BCUT2D eigenvalue weighted by Crippen LogP contribution is -2.29. The zero-order valence-corrected chi connectivity index (χ0v) is 21.1. The molecular formula is C26H40Si2. The highest BCUT2D eigenvalue weighted by Gasteiger charge is 2.25. The van der Waals surface area contributed by atoms with Crippen LogP contribution >= 0.6 is 0 Å². The summed E-state index contributed by atoms with van der Waals surface area (Å²) in [6.45, 7) is 13.9. The molecule has 0 aliphatic carbocycles. The summed E-state index contributed by atoms with van der Waals surface area (Å²) in [5.74, 6) is 7.13. The van der Waals surface area contributed by atoms with Crippen LogP contribution in [0.25, 0.3) is 0 Å². The number of benzene rings is 1. The lowest BCUT2D eigenvalue weighted by Gasteiger charge is -2.20. The molecule has 0 aliphatic rings. The van der Waals surface area contributed by atoms with Crippen LogP contribution in [0.1, 0.15) is 53.5 Å². The minimum atomic E-state index is -1.44. The highest BCUT2D eigenvalue weighted by atomic mass is 28.3. The first-order chi connectivity index (χ1) is 13.5. The molecule has 0 saturated carbocycles. The van der Waals surface area contributed by atoms with Crippen molar-refractivity contribution in [2.24, 2.45) is 0 Å². The fourth-order valence-corrected chi connectivity index (χ4v) is 8.45. The van der Waals surface area contributed by atoms with E-state index in [2.05, 4.69) is 101 Å². The minimum Gasteiger partial charge on any atom is -0.125 e. The van der Waals surface area contributed by atoms with Crippen LogP contribution < -0.4 is 0 Å². The first-order valence-electron chi connectivity index (χ1n) is 11.3. The maximum absolute atomic E-state index is 3.75. The van der Waals surface area contributed by atoms with Crippen LogP contribution in [-0.4, -0.2) is 16.1 Å². The molecular weight excluding hydrogens is 368 g/mol. The molecule has 0 N–H and O–H groups in total. The predicted molar refractivity (Wildman–Crippen MR) is 133 cm³/mol. The summed E-state index contributed by atoms with van der Waals surface area (Å²) in [5.41, 5.74) is 9.98. The number of rotatable bonds is 9. The fraction of sp³-hybridized carbons (Fsp3) is 0.538. The van der Waals surface area contributed by atoms with Crippen LogP contribution in [0.15, 0.2) is 42.0 Å². The molecule has 1 rings (SSSR count). The lowest BCUT2D eigenvalue weighted by molar-refractivity contribution is 0.999. The van der Waals surface area contributed by atoms with Crippen LogP contribution in [0.3, 0.4) is 0 Å². The van der Waals surface area contributed by atoms with Crippen molar-refractivity contribution in [3.05, 3.63) is 47.5 Å². The maximum Gasteiger partial charge on any atom is 0.138 e. The smallest absolute Gasteiger partial charge is 0.125 e. The molecule has 0 unspecified atom stereocenters. The van der Waals surface area contributed by atoms with Crippen LogP contribution in [-0.2, 0) is 6.42 Å². The molecule has 2 heteroatoms. The van der Waals surface area contributed by atoms with Crippen molar-refractivity contribution < 1.29 is 0 Å². The van der Waals surface area contributed by atoms with Gasteiger partial charge >= 0.3 is 0 Å². The van der Waals surface area contributed by atoms with Crippen molar-refractivity contribution in [3.63, 3.8) is 0 Å². The molecule has 0 radical (unpaired) electrons. The van der Waals surface area contributed by atoms with Gasteiger partial charge in [-0.15, -0.1) is 11.1 Å².